The largest absolute Gasteiger partial charge is 0.857 e. The first-order valence-corrected chi connectivity index (χ1v) is 7.60. The van der Waals surface area contributed by atoms with Crippen molar-refractivity contribution in [1.82, 2.24) is 9.97 Å². The van der Waals surface area contributed by atoms with E-state index in [0.29, 0.717) is 11.2 Å². The summed E-state index contributed by atoms with van der Waals surface area (Å²) in [5.41, 5.74) is 2.01. The van der Waals surface area contributed by atoms with Gasteiger partial charge in [0.1, 0.15) is 0 Å². The predicted molar refractivity (Wildman–Crippen MR) is 91.9 cm³/mol. The normalized spacial score (nSPS) is 13.6. The van der Waals surface area contributed by atoms with Crippen molar-refractivity contribution >= 4 is 33.7 Å². The number of benzene rings is 1. The van der Waals surface area contributed by atoms with E-state index in [0.717, 1.165) is 28.6 Å². The summed E-state index contributed by atoms with van der Waals surface area (Å²) in [6.07, 6.45) is 1.24. The molecular formula is C18H16N3O4-. The van der Waals surface area contributed by atoms with Crippen molar-refractivity contribution in [3.8, 4) is 0 Å². The number of aromatic nitrogens is 2. The van der Waals surface area contributed by atoms with Crippen molar-refractivity contribution in [2.45, 2.75) is 13.0 Å². The lowest BCUT2D eigenvalue weighted by Gasteiger charge is -2.13. The summed E-state index contributed by atoms with van der Waals surface area (Å²) in [6, 6.07) is 9.24. The Labute approximate surface area is 143 Å². The maximum absolute atomic E-state index is 12.3. The molecule has 2 N–H and O–H groups in total. The van der Waals surface area contributed by atoms with Crippen LogP contribution in [0.3, 0.4) is 0 Å². The van der Waals surface area contributed by atoms with Gasteiger partial charge in [-0.05, 0) is 19.1 Å². The summed E-state index contributed by atoms with van der Waals surface area (Å²) in [7, 11) is 1.23. The number of hydrogen-bond donors (Lipinski definition) is 2. The van der Waals surface area contributed by atoms with E-state index in [1.54, 1.807) is 13.0 Å². The van der Waals surface area contributed by atoms with E-state index >= 15 is 0 Å². The molecule has 0 bridgehead atoms. The Hall–Kier alpha value is -3.19. The van der Waals surface area contributed by atoms with Gasteiger partial charge in [0.2, 0.25) is 0 Å². The van der Waals surface area contributed by atoms with E-state index in [2.05, 4.69) is 19.7 Å². The van der Waals surface area contributed by atoms with E-state index in [4.69, 9.17) is 0 Å². The van der Waals surface area contributed by atoms with Crippen LogP contribution in [-0.2, 0) is 9.53 Å². The SMILES string of the molecule is COC(=O)/C=C\N=C([O-])c1cc2c([nH]c3ccccc32)c([C@@H](C)O)n1. The van der Waals surface area contributed by atoms with Gasteiger partial charge < -0.3 is 19.9 Å². The number of fused-ring (bicyclic) bond motifs is 3. The summed E-state index contributed by atoms with van der Waals surface area (Å²) in [6.45, 7) is 1.58. The number of hydrogen-bond acceptors (Lipinski definition) is 6. The molecule has 3 aromatic rings. The van der Waals surface area contributed by atoms with Crippen molar-refractivity contribution in [3.05, 3.63) is 54.0 Å². The minimum Gasteiger partial charge on any atom is -0.857 e. The van der Waals surface area contributed by atoms with Crippen molar-refractivity contribution in [2.24, 2.45) is 4.99 Å². The third kappa shape index (κ3) is 3.22. The van der Waals surface area contributed by atoms with Crippen LogP contribution < -0.4 is 5.11 Å². The van der Waals surface area contributed by atoms with Crippen LogP contribution in [0, 0.1) is 0 Å². The monoisotopic (exact) mass is 338 g/mol. The smallest absolute Gasteiger partial charge is 0.332 e. The molecule has 25 heavy (non-hydrogen) atoms. The number of rotatable bonds is 4. The van der Waals surface area contributed by atoms with Gasteiger partial charge in [-0.25, -0.2) is 9.78 Å². The highest BCUT2D eigenvalue weighted by atomic mass is 16.5. The molecule has 0 saturated heterocycles. The van der Waals surface area contributed by atoms with Gasteiger partial charge >= 0.3 is 5.97 Å². The number of ether oxygens (including phenoxy) is 1. The molecular weight excluding hydrogens is 322 g/mol. The first-order chi connectivity index (χ1) is 12.0. The Bertz CT molecular complexity index is 1000. The van der Waals surface area contributed by atoms with Gasteiger partial charge in [-0.15, -0.1) is 0 Å². The van der Waals surface area contributed by atoms with Crippen LogP contribution in [0.5, 0.6) is 0 Å². The number of H-pyrrole nitrogens is 1. The second-order valence-electron chi connectivity index (χ2n) is 5.44. The second-order valence-corrected chi connectivity index (χ2v) is 5.44. The average Bonchev–Trinajstić information content (AvgIpc) is 2.99. The van der Waals surface area contributed by atoms with Gasteiger partial charge in [-0.1, -0.05) is 18.2 Å². The van der Waals surface area contributed by atoms with E-state index < -0.39 is 18.0 Å². The number of aliphatic hydroxyl groups is 1. The first kappa shape index (κ1) is 16.7. The van der Waals surface area contributed by atoms with E-state index in [-0.39, 0.29) is 5.69 Å². The lowest BCUT2D eigenvalue weighted by Crippen LogP contribution is -2.21. The summed E-state index contributed by atoms with van der Waals surface area (Å²) >= 11 is 0. The second kappa shape index (κ2) is 6.74. The maximum Gasteiger partial charge on any atom is 0.332 e. The predicted octanol–water partition coefficient (Wildman–Crippen LogP) is 1.56. The molecule has 7 heteroatoms. The first-order valence-electron chi connectivity index (χ1n) is 7.60. The third-order valence-corrected chi connectivity index (χ3v) is 3.74. The summed E-state index contributed by atoms with van der Waals surface area (Å²) in [5.74, 6) is -1.23. The van der Waals surface area contributed by atoms with Gasteiger partial charge in [0, 0.05) is 34.5 Å². The van der Waals surface area contributed by atoms with Gasteiger partial charge in [-0.2, -0.15) is 0 Å². The summed E-state index contributed by atoms with van der Waals surface area (Å²) < 4.78 is 4.43. The fraction of sp³-hybridized carbons (Fsp3) is 0.167. The van der Waals surface area contributed by atoms with Gasteiger partial charge in [-0.3, -0.25) is 4.99 Å². The van der Waals surface area contributed by atoms with Crippen molar-refractivity contribution in [3.63, 3.8) is 0 Å². The molecule has 0 unspecified atom stereocenters. The van der Waals surface area contributed by atoms with Gasteiger partial charge in [0.05, 0.1) is 30.1 Å². The molecule has 0 amide bonds. The van der Waals surface area contributed by atoms with Crippen LogP contribution in [0.4, 0.5) is 0 Å². The zero-order valence-electron chi connectivity index (χ0n) is 13.7. The number of nitrogens with zero attached hydrogens (tertiary/aromatic N) is 2. The number of aliphatic hydroxyl groups excluding tert-OH is 1. The summed E-state index contributed by atoms with van der Waals surface area (Å²) in [4.78, 5) is 22.2. The van der Waals surface area contributed by atoms with Crippen LogP contribution in [-0.4, -0.2) is 34.1 Å². The van der Waals surface area contributed by atoms with Crippen molar-refractivity contribution in [1.29, 1.82) is 0 Å². The molecule has 0 aliphatic rings. The molecule has 2 heterocycles. The quantitative estimate of drug-likeness (QED) is 0.325. The third-order valence-electron chi connectivity index (χ3n) is 3.74. The highest BCUT2D eigenvalue weighted by Crippen LogP contribution is 2.30. The average molecular weight is 338 g/mol. The molecule has 2 aromatic heterocycles. The van der Waals surface area contributed by atoms with Gasteiger partial charge in [0.25, 0.3) is 0 Å². The minimum atomic E-state index is -0.867. The highest BCUT2D eigenvalue weighted by Gasteiger charge is 2.15. The molecule has 0 aliphatic carbocycles. The molecule has 128 valence electrons. The van der Waals surface area contributed by atoms with Crippen molar-refractivity contribution in [2.75, 3.05) is 7.11 Å². The van der Waals surface area contributed by atoms with Crippen LogP contribution in [0.2, 0.25) is 0 Å². The Balaban J connectivity index is 2.16. The molecule has 0 radical (unpaired) electrons. The molecule has 3 rings (SSSR count). The minimum absolute atomic E-state index is 0.0858. The lowest BCUT2D eigenvalue weighted by atomic mass is 10.1. The number of carbonyl (C=O) groups is 1. The molecule has 0 aliphatic heterocycles. The molecule has 0 spiro atoms. The van der Waals surface area contributed by atoms with Crippen LogP contribution >= 0.6 is 0 Å². The number of para-hydroxylation sites is 1. The summed E-state index contributed by atoms with van der Waals surface area (Å²) in [5, 5.41) is 24.0. The zero-order chi connectivity index (χ0) is 18.0. The topological polar surface area (TPSA) is 111 Å². The fourth-order valence-electron chi connectivity index (χ4n) is 2.58. The lowest BCUT2D eigenvalue weighted by molar-refractivity contribution is -0.213. The highest BCUT2D eigenvalue weighted by molar-refractivity contribution is 6.09. The standard InChI is InChI=1S/C18H17N3O4/c1-10(22)16-17-12(11-5-3-4-6-13(11)20-17)9-14(21-16)18(24)19-8-7-15(23)25-2/h3-10,20,22H,1-2H3,(H,19,24)/p-1/b8-7-/t10-/m1/s1. The van der Waals surface area contributed by atoms with Crippen molar-refractivity contribution < 1.29 is 19.7 Å². The molecule has 1 atom stereocenters. The molecule has 7 nitrogen and oxygen atoms in total. The number of methoxy groups -OCH3 is 1. The van der Waals surface area contributed by atoms with Crippen LogP contribution in [0.15, 0.2) is 47.6 Å². The van der Waals surface area contributed by atoms with Crippen LogP contribution in [0.25, 0.3) is 21.8 Å². The number of esters is 1. The van der Waals surface area contributed by atoms with E-state index in [9.17, 15) is 15.0 Å². The number of aliphatic imine (C=N–C) groups is 1. The Morgan fingerprint density at radius 3 is 2.88 bits per heavy atom. The van der Waals surface area contributed by atoms with E-state index in [1.165, 1.54) is 7.11 Å². The molecule has 1 aromatic carbocycles. The Morgan fingerprint density at radius 2 is 2.16 bits per heavy atom. The van der Waals surface area contributed by atoms with E-state index in [1.807, 2.05) is 24.3 Å². The number of pyridine rings is 1. The molecule has 0 saturated carbocycles. The maximum atomic E-state index is 12.3. The van der Waals surface area contributed by atoms with Gasteiger partial charge in [0.15, 0.2) is 0 Å². The number of carbonyl (C=O) groups excluding carboxylic acids is 1. The fourth-order valence-corrected chi connectivity index (χ4v) is 2.58. The van der Waals surface area contributed by atoms with Crippen LogP contribution in [0.1, 0.15) is 24.4 Å². The Kier molecular flexibility index (Phi) is 4.49. The number of nitrogens with one attached hydrogen (secondary N) is 1. The number of aromatic amines is 1. The molecule has 0 fully saturated rings. The Morgan fingerprint density at radius 1 is 1.40 bits per heavy atom. The zero-order valence-corrected chi connectivity index (χ0v) is 13.7.